The monoisotopic (exact) mass is 804 g/mol. The Morgan fingerprint density at radius 3 is 1.13 bits per heavy atom. The number of benzene rings is 8. The molecular formula is C56H60N2OSi. The first kappa shape index (κ1) is 41.1. The summed E-state index contributed by atoms with van der Waals surface area (Å²) in [5.74, 6) is 0.701. The lowest BCUT2D eigenvalue weighted by Crippen LogP contribution is -2.57. The fourth-order valence-electron chi connectivity index (χ4n) is 9.88. The average Bonchev–Trinajstić information content (AvgIpc) is 3.25. The molecule has 0 bridgehead atoms. The second-order valence-electron chi connectivity index (χ2n) is 17.6. The Hall–Kier alpha value is -5.68. The Morgan fingerprint density at radius 2 is 0.800 bits per heavy atom. The van der Waals surface area contributed by atoms with Gasteiger partial charge in [0.05, 0.1) is 11.4 Å². The molecule has 8 aromatic rings. The highest BCUT2D eigenvalue weighted by molar-refractivity contribution is 6.89. The van der Waals surface area contributed by atoms with Crippen molar-refractivity contribution in [3.05, 3.63) is 175 Å². The maximum atomic E-state index is 7.09. The molecule has 0 spiro atoms. The summed E-state index contributed by atoms with van der Waals surface area (Å²) in [7, 11) is -2.41. The normalized spacial score (nSPS) is 12.2. The molecule has 0 aliphatic heterocycles. The van der Waals surface area contributed by atoms with E-state index < -0.39 is 8.32 Å². The van der Waals surface area contributed by atoms with Crippen LogP contribution in [0.5, 0.6) is 0 Å². The van der Waals surface area contributed by atoms with Gasteiger partial charge in [-0.05, 0) is 163 Å². The molecule has 60 heavy (non-hydrogen) atoms. The van der Waals surface area contributed by atoms with Crippen molar-refractivity contribution in [2.45, 2.75) is 85.2 Å². The van der Waals surface area contributed by atoms with Crippen LogP contribution in [0, 0.1) is 0 Å². The van der Waals surface area contributed by atoms with E-state index in [1.807, 2.05) is 0 Å². The van der Waals surface area contributed by atoms with Gasteiger partial charge >= 0.3 is 0 Å². The predicted octanol–water partition coefficient (Wildman–Crippen LogP) is 16.3. The molecule has 0 N–H and O–H groups in total. The van der Waals surface area contributed by atoms with Crippen LogP contribution in [0.25, 0.3) is 32.3 Å². The summed E-state index contributed by atoms with van der Waals surface area (Å²) in [6.45, 7) is 22.0. The van der Waals surface area contributed by atoms with Gasteiger partial charge < -0.3 is 14.2 Å². The molecule has 0 unspecified atom stereocenters. The summed E-state index contributed by atoms with van der Waals surface area (Å²) in [6, 6.07) is 60.3. The van der Waals surface area contributed by atoms with E-state index in [0.29, 0.717) is 22.9 Å². The maximum Gasteiger partial charge on any atom is 0.229 e. The van der Waals surface area contributed by atoms with Crippen molar-refractivity contribution in [3.63, 3.8) is 0 Å². The number of nitrogens with zero attached hydrogens (tertiary/aromatic N) is 2. The SMILES string of the molecule is CCO[Si](c1cc(C(C)C)c2cc3cc4cc(N(c5ccccc5)c5ccccc5)c(N(c5ccccc5)c5ccccc5)cc4cc3cc2c1C(C)C)(C(C)C)C(C)C. The van der Waals surface area contributed by atoms with Crippen molar-refractivity contribution in [1.29, 1.82) is 0 Å². The van der Waals surface area contributed by atoms with Crippen LogP contribution < -0.4 is 15.0 Å². The van der Waals surface area contributed by atoms with Crippen LogP contribution in [0.3, 0.4) is 0 Å². The second-order valence-corrected chi connectivity index (χ2v) is 22.3. The molecule has 8 aromatic carbocycles. The van der Waals surface area contributed by atoms with E-state index in [2.05, 4.69) is 236 Å². The topological polar surface area (TPSA) is 15.7 Å². The molecule has 0 atom stereocenters. The minimum atomic E-state index is -2.41. The summed E-state index contributed by atoms with van der Waals surface area (Å²) >= 11 is 0. The van der Waals surface area contributed by atoms with Crippen LogP contribution in [0.2, 0.25) is 11.1 Å². The number of para-hydroxylation sites is 4. The molecule has 4 heteroatoms. The highest BCUT2D eigenvalue weighted by Gasteiger charge is 2.46. The van der Waals surface area contributed by atoms with Gasteiger partial charge in [0.2, 0.25) is 8.32 Å². The van der Waals surface area contributed by atoms with Gasteiger partial charge in [-0.1, -0.05) is 134 Å². The Bertz CT molecular complexity index is 2640. The highest BCUT2D eigenvalue weighted by Crippen LogP contribution is 2.48. The van der Waals surface area contributed by atoms with Crippen molar-refractivity contribution in [2.24, 2.45) is 0 Å². The van der Waals surface area contributed by atoms with Crippen molar-refractivity contribution < 1.29 is 4.43 Å². The summed E-state index contributed by atoms with van der Waals surface area (Å²) in [6.07, 6.45) is 0. The molecule has 8 rings (SSSR count). The maximum absolute atomic E-state index is 7.09. The number of anilines is 6. The van der Waals surface area contributed by atoms with Gasteiger partial charge in [-0.15, -0.1) is 0 Å². The van der Waals surface area contributed by atoms with E-state index in [0.717, 1.165) is 40.7 Å². The Kier molecular flexibility index (Phi) is 11.7. The molecule has 0 radical (unpaired) electrons. The van der Waals surface area contributed by atoms with E-state index in [4.69, 9.17) is 4.43 Å². The second kappa shape index (κ2) is 17.1. The molecule has 0 heterocycles. The van der Waals surface area contributed by atoms with E-state index in [1.54, 1.807) is 0 Å². The lowest BCUT2D eigenvalue weighted by molar-refractivity contribution is 0.315. The van der Waals surface area contributed by atoms with E-state index >= 15 is 0 Å². The molecule has 0 amide bonds. The van der Waals surface area contributed by atoms with Crippen molar-refractivity contribution in [1.82, 2.24) is 0 Å². The van der Waals surface area contributed by atoms with Crippen LogP contribution in [-0.4, -0.2) is 14.9 Å². The van der Waals surface area contributed by atoms with Crippen LogP contribution >= 0.6 is 0 Å². The van der Waals surface area contributed by atoms with Gasteiger partial charge in [-0.2, -0.15) is 0 Å². The molecule has 0 aliphatic rings. The third-order valence-electron chi connectivity index (χ3n) is 12.5. The zero-order valence-corrected chi connectivity index (χ0v) is 37.9. The molecule has 3 nitrogen and oxygen atoms in total. The van der Waals surface area contributed by atoms with Crippen LogP contribution in [-0.2, 0) is 4.43 Å². The molecule has 0 fully saturated rings. The molecular weight excluding hydrogens is 745 g/mol. The Morgan fingerprint density at radius 1 is 0.433 bits per heavy atom. The lowest BCUT2D eigenvalue weighted by Gasteiger charge is -2.41. The predicted molar refractivity (Wildman–Crippen MR) is 264 cm³/mol. The van der Waals surface area contributed by atoms with E-state index in [-0.39, 0.29) is 0 Å². The first-order valence-corrected chi connectivity index (χ1v) is 24.1. The third-order valence-corrected chi connectivity index (χ3v) is 17.9. The zero-order chi connectivity index (χ0) is 42.1. The number of hydrogen-bond donors (Lipinski definition) is 0. The van der Waals surface area contributed by atoms with Gasteiger partial charge in [0.15, 0.2) is 0 Å². The van der Waals surface area contributed by atoms with Crippen LogP contribution in [0.15, 0.2) is 164 Å². The van der Waals surface area contributed by atoms with Gasteiger partial charge in [0.25, 0.3) is 0 Å². The number of fused-ring (bicyclic) bond motifs is 3. The van der Waals surface area contributed by atoms with Gasteiger partial charge in [0.1, 0.15) is 0 Å². The third kappa shape index (κ3) is 7.41. The standard InChI is InChI=1S/C56H60N2OSi/c1-10-59-60(40(6)7,41(8)9)55-37-50(38(2)3)51-33-42-31-44-35-53(57(46-23-15-11-16-24-46)47-25-17-12-18-26-47)54(36-45(44)32-43(42)34-52(51)56(55)39(4)5)58(48-27-19-13-20-28-48)49-29-21-14-22-30-49/h11-41H,10H2,1-9H3. The minimum absolute atomic E-state index is 0.341. The molecule has 0 aromatic heterocycles. The summed E-state index contributed by atoms with van der Waals surface area (Å²) in [4.78, 5) is 4.82. The van der Waals surface area contributed by atoms with E-state index in [1.165, 1.54) is 48.6 Å². The molecule has 0 saturated heterocycles. The largest absolute Gasteiger partial charge is 0.412 e. The summed E-state index contributed by atoms with van der Waals surface area (Å²) in [5.41, 5.74) is 10.4. The zero-order valence-electron chi connectivity index (χ0n) is 36.9. The molecule has 0 saturated carbocycles. The van der Waals surface area contributed by atoms with Gasteiger partial charge in [0, 0.05) is 29.4 Å². The number of rotatable bonds is 13. The summed E-state index contributed by atoms with van der Waals surface area (Å²) < 4.78 is 7.09. The smallest absolute Gasteiger partial charge is 0.229 e. The summed E-state index contributed by atoms with van der Waals surface area (Å²) in [5, 5.41) is 9.16. The Balaban J connectivity index is 1.48. The van der Waals surface area contributed by atoms with Crippen molar-refractivity contribution in [2.75, 3.05) is 16.4 Å². The van der Waals surface area contributed by atoms with Crippen LogP contribution in [0.4, 0.5) is 34.1 Å². The minimum Gasteiger partial charge on any atom is -0.412 e. The molecule has 0 aliphatic carbocycles. The first-order chi connectivity index (χ1) is 29.0. The Labute approximate surface area is 359 Å². The van der Waals surface area contributed by atoms with Crippen molar-refractivity contribution in [3.8, 4) is 0 Å². The van der Waals surface area contributed by atoms with Gasteiger partial charge in [-0.3, -0.25) is 0 Å². The van der Waals surface area contributed by atoms with Crippen molar-refractivity contribution >= 4 is 79.9 Å². The van der Waals surface area contributed by atoms with Gasteiger partial charge in [-0.25, -0.2) is 0 Å². The van der Waals surface area contributed by atoms with Crippen LogP contribution in [0.1, 0.15) is 85.3 Å². The molecule has 304 valence electrons. The fraction of sp³-hybridized carbons (Fsp3) is 0.250. The average molecular weight is 805 g/mol. The lowest BCUT2D eigenvalue weighted by atomic mass is 9.87. The first-order valence-electron chi connectivity index (χ1n) is 22.0. The quantitative estimate of drug-likeness (QED) is 0.0853. The highest BCUT2D eigenvalue weighted by atomic mass is 28.4. The van der Waals surface area contributed by atoms with E-state index in [9.17, 15) is 0 Å². The number of hydrogen-bond acceptors (Lipinski definition) is 3. The fourth-order valence-corrected chi connectivity index (χ4v) is 15.0.